The average Bonchev–Trinajstić information content (AvgIpc) is 3.44. The highest BCUT2D eigenvalue weighted by atomic mass is 127. The molecule has 2 heterocycles. The van der Waals surface area contributed by atoms with Gasteiger partial charge in [-0.1, -0.05) is 54.6 Å². The molecule has 11 heteroatoms. The van der Waals surface area contributed by atoms with Crippen LogP contribution in [0.2, 0.25) is 0 Å². The molecule has 3 aromatic carbocycles. The highest BCUT2D eigenvalue weighted by Crippen LogP contribution is 2.43. The van der Waals surface area contributed by atoms with E-state index in [1.54, 1.807) is 27.5 Å². The lowest BCUT2D eigenvalue weighted by Crippen LogP contribution is -2.39. The zero-order chi connectivity index (χ0) is 31.3. The molecule has 1 aliphatic heterocycles. The number of nitrogens with zero attached hydrogens (tertiary/aromatic N) is 2. The molecule has 0 saturated carbocycles. The Balaban J connectivity index is 1.56. The van der Waals surface area contributed by atoms with E-state index in [2.05, 4.69) is 32.9 Å². The van der Waals surface area contributed by atoms with Crippen molar-refractivity contribution in [3.8, 4) is 11.5 Å². The number of carbonyl (C=O) groups excluding carboxylic acids is 1. The predicted molar refractivity (Wildman–Crippen MR) is 173 cm³/mol. The normalized spacial score (nSPS) is 18.1. The Morgan fingerprint density at radius 1 is 0.977 bits per heavy atom. The fourth-order valence-corrected chi connectivity index (χ4v) is 6.16. The van der Waals surface area contributed by atoms with Crippen LogP contribution in [0, 0.1) is 3.57 Å². The minimum atomic E-state index is -1.09. The van der Waals surface area contributed by atoms with E-state index in [4.69, 9.17) is 23.7 Å². The van der Waals surface area contributed by atoms with Gasteiger partial charge in [-0.25, -0.2) is 4.79 Å². The Morgan fingerprint density at radius 2 is 1.55 bits per heavy atom. The number of esters is 1. The number of benzene rings is 3. The quantitative estimate of drug-likeness (QED) is 0.129. The number of nitrogens with one attached hydrogen (secondary N) is 1. The van der Waals surface area contributed by atoms with Crippen molar-refractivity contribution in [3.05, 3.63) is 116 Å². The van der Waals surface area contributed by atoms with Crippen LogP contribution in [0.3, 0.4) is 0 Å². The Bertz CT molecular complexity index is 1580. The van der Waals surface area contributed by atoms with E-state index in [1.165, 1.54) is 11.5 Å². The number of ether oxygens (including phenoxy) is 5. The average molecular weight is 712 g/mol. The topological polar surface area (TPSA) is 110 Å². The first-order chi connectivity index (χ1) is 21.3. The first-order valence-electron chi connectivity index (χ1n) is 14.1. The molecule has 1 aromatic heterocycles. The maximum atomic E-state index is 12.9. The van der Waals surface area contributed by atoms with E-state index < -0.39 is 35.7 Å². The largest absolute Gasteiger partial charge is 0.497 e. The third kappa shape index (κ3) is 6.44. The molecule has 1 saturated heterocycles. The van der Waals surface area contributed by atoms with Crippen molar-refractivity contribution >= 4 is 34.4 Å². The molecule has 0 spiro atoms. The third-order valence-corrected chi connectivity index (χ3v) is 8.38. The SMILES string of the molecule is CNc1nc(=O)n([C@H]2C[C@H](OC(C)=O)[C@@H](COC(c3ccccc3)(c3ccc(OC)cc3)c3ccc(OC)cc3)O2)cc1I. The fourth-order valence-electron chi connectivity index (χ4n) is 5.47. The van der Waals surface area contributed by atoms with Gasteiger partial charge in [-0.05, 0) is 63.5 Å². The van der Waals surface area contributed by atoms with Crippen LogP contribution in [0.4, 0.5) is 5.82 Å². The summed E-state index contributed by atoms with van der Waals surface area (Å²) in [4.78, 5) is 29.2. The number of halogens is 1. The lowest BCUT2D eigenvalue weighted by atomic mass is 9.80. The van der Waals surface area contributed by atoms with Crippen LogP contribution in [-0.2, 0) is 24.6 Å². The van der Waals surface area contributed by atoms with Crippen molar-refractivity contribution in [3.63, 3.8) is 0 Å². The van der Waals surface area contributed by atoms with Gasteiger partial charge in [0.25, 0.3) is 0 Å². The smallest absolute Gasteiger partial charge is 0.351 e. The van der Waals surface area contributed by atoms with Crippen LogP contribution in [-0.4, -0.2) is 55.6 Å². The number of methoxy groups -OCH3 is 2. The molecule has 0 unspecified atom stereocenters. The predicted octanol–water partition coefficient (Wildman–Crippen LogP) is 5.13. The molecule has 5 rings (SSSR count). The molecular formula is C33H34IN3O7. The summed E-state index contributed by atoms with van der Waals surface area (Å²) in [6.07, 6.45) is -0.111. The van der Waals surface area contributed by atoms with Crippen molar-refractivity contribution < 1.29 is 28.5 Å². The van der Waals surface area contributed by atoms with Crippen molar-refractivity contribution in [2.24, 2.45) is 0 Å². The summed E-state index contributed by atoms with van der Waals surface area (Å²) in [5.41, 5.74) is 1.02. The van der Waals surface area contributed by atoms with Gasteiger partial charge < -0.3 is 29.0 Å². The van der Waals surface area contributed by atoms with E-state index >= 15 is 0 Å². The van der Waals surface area contributed by atoms with Gasteiger partial charge in [0.2, 0.25) is 0 Å². The van der Waals surface area contributed by atoms with Gasteiger partial charge >= 0.3 is 11.7 Å². The van der Waals surface area contributed by atoms with Crippen LogP contribution in [0.1, 0.15) is 36.3 Å². The Hall–Kier alpha value is -3.94. The molecule has 44 heavy (non-hydrogen) atoms. The van der Waals surface area contributed by atoms with Gasteiger partial charge in [-0.3, -0.25) is 9.36 Å². The van der Waals surface area contributed by atoms with Crippen LogP contribution in [0.5, 0.6) is 11.5 Å². The number of rotatable bonds is 11. The minimum absolute atomic E-state index is 0.0370. The standard InChI is InChI=1S/C33H34IN3O7/c1-21(38)43-28-18-30(37-19-27(34)31(35-2)36-32(37)39)44-29(28)20-42-33(22-8-6-5-7-9-22,23-10-14-25(40-3)15-11-23)24-12-16-26(41-4)17-13-24/h5-17,19,28-30H,18,20H2,1-4H3,(H,35,36,39)/t28-,29+,30+/m0/s1. The molecule has 0 amide bonds. The molecule has 230 valence electrons. The van der Waals surface area contributed by atoms with Crippen LogP contribution in [0.25, 0.3) is 0 Å². The van der Waals surface area contributed by atoms with E-state index in [1.807, 2.05) is 78.9 Å². The molecule has 4 aromatic rings. The highest BCUT2D eigenvalue weighted by Gasteiger charge is 2.44. The number of anilines is 1. The molecule has 10 nitrogen and oxygen atoms in total. The zero-order valence-electron chi connectivity index (χ0n) is 24.9. The van der Waals surface area contributed by atoms with E-state index in [0.29, 0.717) is 17.3 Å². The van der Waals surface area contributed by atoms with Gasteiger partial charge in [0.1, 0.15) is 41.4 Å². The highest BCUT2D eigenvalue weighted by molar-refractivity contribution is 14.1. The first kappa shape index (κ1) is 31.5. The van der Waals surface area contributed by atoms with Gasteiger partial charge in [-0.15, -0.1) is 0 Å². The molecule has 0 bridgehead atoms. The molecule has 0 radical (unpaired) electrons. The number of hydrogen-bond acceptors (Lipinski definition) is 9. The fraction of sp³-hybridized carbons (Fsp3) is 0.303. The molecule has 1 fully saturated rings. The van der Waals surface area contributed by atoms with E-state index in [-0.39, 0.29) is 13.0 Å². The molecule has 1 aliphatic rings. The second-order valence-corrected chi connectivity index (χ2v) is 11.4. The van der Waals surface area contributed by atoms with Crippen molar-refractivity contribution in [1.82, 2.24) is 9.55 Å². The molecule has 3 atom stereocenters. The van der Waals surface area contributed by atoms with Crippen LogP contribution < -0.4 is 20.5 Å². The Kier molecular flexibility index (Phi) is 9.87. The summed E-state index contributed by atoms with van der Waals surface area (Å²) in [7, 11) is 4.95. The zero-order valence-corrected chi connectivity index (χ0v) is 27.0. The number of carbonyl (C=O) groups is 1. The Morgan fingerprint density at radius 3 is 2.07 bits per heavy atom. The summed E-state index contributed by atoms with van der Waals surface area (Å²) in [6, 6.07) is 25.3. The van der Waals surface area contributed by atoms with E-state index in [9.17, 15) is 9.59 Å². The third-order valence-electron chi connectivity index (χ3n) is 7.59. The second-order valence-electron chi connectivity index (χ2n) is 10.2. The van der Waals surface area contributed by atoms with Crippen molar-refractivity contribution in [1.29, 1.82) is 0 Å². The van der Waals surface area contributed by atoms with Gasteiger partial charge in [0.15, 0.2) is 0 Å². The number of hydrogen-bond donors (Lipinski definition) is 1. The van der Waals surface area contributed by atoms with Gasteiger partial charge in [0, 0.05) is 26.6 Å². The van der Waals surface area contributed by atoms with E-state index in [0.717, 1.165) is 20.3 Å². The summed E-state index contributed by atoms with van der Waals surface area (Å²) in [6.45, 7) is 1.39. The maximum absolute atomic E-state index is 12.9. The molecule has 1 N–H and O–H groups in total. The van der Waals surface area contributed by atoms with Gasteiger partial charge in [0.05, 0.1) is 24.4 Å². The lowest BCUT2D eigenvalue weighted by Gasteiger charge is -2.37. The maximum Gasteiger partial charge on any atom is 0.351 e. The second kappa shape index (κ2) is 13.8. The van der Waals surface area contributed by atoms with Gasteiger partial charge in [-0.2, -0.15) is 4.98 Å². The van der Waals surface area contributed by atoms with Crippen LogP contribution in [0.15, 0.2) is 89.9 Å². The molecular weight excluding hydrogens is 677 g/mol. The monoisotopic (exact) mass is 711 g/mol. The van der Waals surface area contributed by atoms with Crippen molar-refractivity contribution in [2.75, 3.05) is 33.2 Å². The Labute approximate surface area is 269 Å². The minimum Gasteiger partial charge on any atom is -0.497 e. The van der Waals surface area contributed by atoms with Crippen molar-refractivity contribution in [2.45, 2.75) is 37.4 Å². The summed E-state index contributed by atoms with van der Waals surface area (Å²) >= 11 is 2.11. The number of aromatic nitrogens is 2. The first-order valence-corrected chi connectivity index (χ1v) is 15.1. The summed E-state index contributed by atoms with van der Waals surface area (Å²) < 4.78 is 32.2. The summed E-state index contributed by atoms with van der Waals surface area (Å²) in [5, 5.41) is 2.92. The van der Waals surface area contributed by atoms with Crippen LogP contribution >= 0.6 is 22.6 Å². The molecule has 0 aliphatic carbocycles. The summed E-state index contributed by atoms with van der Waals surface area (Å²) in [5.74, 6) is 1.45. The lowest BCUT2D eigenvalue weighted by molar-refractivity contribution is -0.153.